The Hall–Kier alpha value is -1.06. The standard InChI is InChI=1S/C28H42N2O/c31-27-24(19-29-7-3-1-4-8-29)14-26(15-25(27)20-30-9-5-2-6-10-30)28-16-21-11-22(17-28)13-23(12-21)18-28/h14-15,21-23,31H,1-13,16-20H2. The Balaban J connectivity index is 1.34. The minimum absolute atomic E-state index is 0.412. The van der Waals surface area contributed by atoms with Gasteiger partial charge in [0.05, 0.1) is 0 Å². The molecule has 0 spiro atoms. The van der Waals surface area contributed by atoms with Crippen molar-refractivity contribution in [3.63, 3.8) is 0 Å². The third kappa shape index (κ3) is 4.06. The van der Waals surface area contributed by atoms with Gasteiger partial charge in [0.2, 0.25) is 0 Å². The summed E-state index contributed by atoms with van der Waals surface area (Å²) in [5, 5.41) is 11.4. The zero-order valence-corrected chi connectivity index (χ0v) is 19.5. The van der Waals surface area contributed by atoms with Crippen LogP contribution < -0.4 is 0 Å². The predicted octanol–water partition coefficient (Wildman–Crippen LogP) is 5.83. The maximum Gasteiger partial charge on any atom is 0.124 e. The van der Waals surface area contributed by atoms with Gasteiger partial charge in [0.15, 0.2) is 0 Å². The van der Waals surface area contributed by atoms with Crippen molar-refractivity contribution in [2.24, 2.45) is 17.8 Å². The third-order valence-electron chi connectivity index (χ3n) is 9.60. The van der Waals surface area contributed by atoms with E-state index >= 15 is 0 Å². The van der Waals surface area contributed by atoms with Gasteiger partial charge in [-0.3, -0.25) is 9.80 Å². The fourth-order valence-corrected chi connectivity index (χ4v) is 8.49. The lowest BCUT2D eigenvalue weighted by Gasteiger charge is -2.57. The van der Waals surface area contributed by atoms with Crippen LogP contribution in [0.5, 0.6) is 5.75 Å². The average Bonchev–Trinajstić information content (AvgIpc) is 2.77. The normalized spacial score (nSPS) is 36.2. The van der Waals surface area contributed by atoms with Crippen LogP contribution in [0.25, 0.3) is 0 Å². The first-order chi connectivity index (χ1) is 15.2. The minimum Gasteiger partial charge on any atom is -0.507 e. The highest BCUT2D eigenvalue weighted by Crippen LogP contribution is 2.61. The number of phenols is 1. The van der Waals surface area contributed by atoms with Crippen LogP contribution in [-0.2, 0) is 18.5 Å². The van der Waals surface area contributed by atoms with Crippen molar-refractivity contribution in [3.05, 3.63) is 28.8 Å². The molecule has 1 aromatic rings. The van der Waals surface area contributed by atoms with Crippen LogP contribution in [0.2, 0.25) is 0 Å². The zero-order valence-electron chi connectivity index (χ0n) is 19.5. The molecule has 2 saturated heterocycles. The number of rotatable bonds is 5. The van der Waals surface area contributed by atoms with E-state index in [9.17, 15) is 5.11 Å². The van der Waals surface area contributed by atoms with Crippen molar-refractivity contribution in [3.8, 4) is 5.75 Å². The van der Waals surface area contributed by atoms with E-state index in [1.54, 1.807) is 5.56 Å². The van der Waals surface area contributed by atoms with Gasteiger partial charge < -0.3 is 5.11 Å². The second kappa shape index (κ2) is 8.37. The molecule has 3 heteroatoms. The fourth-order valence-electron chi connectivity index (χ4n) is 8.49. The number of hydrogen-bond acceptors (Lipinski definition) is 3. The molecule has 0 radical (unpaired) electrons. The van der Waals surface area contributed by atoms with E-state index in [4.69, 9.17) is 0 Å². The first-order valence-electron chi connectivity index (χ1n) is 13.5. The molecule has 0 atom stereocenters. The number of aromatic hydroxyl groups is 1. The highest BCUT2D eigenvalue weighted by atomic mass is 16.3. The topological polar surface area (TPSA) is 26.7 Å². The van der Waals surface area contributed by atoms with E-state index in [0.29, 0.717) is 11.2 Å². The molecule has 0 amide bonds. The summed E-state index contributed by atoms with van der Waals surface area (Å²) in [5.41, 5.74) is 4.46. The van der Waals surface area contributed by atoms with E-state index in [-0.39, 0.29) is 0 Å². The maximum atomic E-state index is 11.4. The first-order valence-corrected chi connectivity index (χ1v) is 13.5. The van der Waals surface area contributed by atoms with Crippen molar-refractivity contribution in [2.75, 3.05) is 26.2 Å². The summed E-state index contributed by atoms with van der Waals surface area (Å²) in [6, 6.07) is 4.94. The Morgan fingerprint density at radius 2 is 1.10 bits per heavy atom. The highest BCUT2D eigenvalue weighted by molar-refractivity contribution is 5.47. The summed E-state index contributed by atoms with van der Waals surface area (Å²) >= 11 is 0. The van der Waals surface area contributed by atoms with Crippen LogP contribution in [0.3, 0.4) is 0 Å². The molecular formula is C28H42N2O. The van der Waals surface area contributed by atoms with Crippen LogP contribution in [0.15, 0.2) is 12.1 Å². The molecule has 4 aliphatic carbocycles. The van der Waals surface area contributed by atoms with Crippen LogP contribution in [-0.4, -0.2) is 41.1 Å². The molecule has 2 aliphatic heterocycles. The second-order valence-corrected chi connectivity index (χ2v) is 12.0. The SMILES string of the molecule is Oc1c(CN2CCCCC2)cc(C23CC4CC(CC(C4)C2)C3)cc1CN1CCCCC1. The molecule has 3 nitrogen and oxygen atoms in total. The van der Waals surface area contributed by atoms with E-state index in [0.717, 1.165) is 30.8 Å². The molecule has 7 rings (SSSR count). The number of piperidine rings is 2. The smallest absolute Gasteiger partial charge is 0.124 e. The molecule has 6 fully saturated rings. The largest absolute Gasteiger partial charge is 0.507 e. The van der Waals surface area contributed by atoms with Crippen molar-refractivity contribution in [1.82, 2.24) is 9.80 Å². The number of phenolic OH excluding ortho intramolecular Hbond substituents is 1. The highest BCUT2D eigenvalue weighted by Gasteiger charge is 2.51. The fraction of sp³-hybridized carbons (Fsp3) is 0.786. The molecule has 170 valence electrons. The number of benzene rings is 1. The summed E-state index contributed by atoms with van der Waals surface area (Å²) in [5.74, 6) is 3.52. The number of nitrogens with zero attached hydrogens (tertiary/aromatic N) is 2. The first kappa shape index (κ1) is 20.5. The van der Waals surface area contributed by atoms with Gasteiger partial charge in [-0.05, 0) is 119 Å². The van der Waals surface area contributed by atoms with Crippen molar-refractivity contribution >= 4 is 0 Å². The van der Waals surface area contributed by atoms with Gasteiger partial charge in [0.1, 0.15) is 5.75 Å². The Labute approximate surface area is 189 Å². The summed E-state index contributed by atoms with van der Waals surface area (Å²) in [6.07, 6.45) is 16.7. The van der Waals surface area contributed by atoms with Gasteiger partial charge in [-0.15, -0.1) is 0 Å². The number of likely N-dealkylation sites (tertiary alicyclic amines) is 2. The Morgan fingerprint density at radius 3 is 1.52 bits per heavy atom. The van der Waals surface area contributed by atoms with Gasteiger partial charge in [0, 0.05) is 24.2 Å². The molecular weight excluding hydrogens is 380 g/mol. The lowest BCUT2D eigenvalue weighted by Crippen LogP contribution is -2.48. The predicted molar refractivity (Wildman–Crippen MR) is 126 cm³/mol. The zero-order chi connectivity index (χ0) is 20.8. The van der Waals surface area contributed by atoms with Crippen molar-refractivity contribution in [2.45, 2.75) is 95.6 Å². The molecule has 0 unspecified atom stereocenters. The molecule has 1 N–H and O–H groups in total. The molecule has 2 heterocycles. The minimum atomic E-state index is 0.412. The van der Waals surface area contributed by atoms with Crippen molar-refractivity contribution in [1.29, 1.82) is 0 Å². The molecule has 31 heavy (non-hydrogen) atoms. The lowest BCUT2D eigenvalue weighted by atomic mass is 9.48. The van der Waals surface area contributed by atoms with Crippen LogP contribution in [0, 0.1) is 17.8 Å². The maximum absolute atomic E-state index is 11.4. The van der Waals surface area contributed by atoms with E-state index in [1.807, 2.05) is 0 Å². The van der Waals surface area contributed by atoms with Crippen LogP contribution >= 0.6 is 0 Å². The molecule has 4 bridgehead atoms. The summed E-state index contributed by atoms with van der Waals surface area (Å²) in [6.45, 7) is 6.67. The lowest BCUT2D eigenvalue weighted by molar-refractivity contribution is -0.00532. The van der Waals surface area contributed by atoms with E-state index in [2.05, 4.69) is 21.9 Å². The van der Waals surface area contributed by atoms with Gasteiger partial charge in [-0.25, -0.2) is 0 Å². The van der Waals surface area contributed by atoms with Gasteiger partial charge in [-0.2, -0.15) is 0 Å². The van der Waals surface area contributed by atoms with Crippen LogP contribution in [0.1, 0.15) is 93.7 Å². The summed E-state index contributed by atoms with van der Waals surface area (Å²) in [4.78, 5) is 5.18. The Morgan fingerprint density at radius 1 is 0.677 bits per heavy atom. The number of hydrogen-bond donors (Lipinski definition) is 1. The van der Waals surface area contributed by atoms with E-state index in [1.165, 1.54) is 114 Å². The second-order valence-electron chi connectivity index (χ2n) is 12.0. The molecule has 0 aromatic heterocycles. The summed E-state index contributed by atoms with van der Waals surface area (Å²) < 4.78 is 0. The Kier molecular flexibility index (Phi) is 5.55. The monoisotopic (exact) mass is 422 g/mol. The van der Waals surface area contributed by atoms with Crippen molar-refractivity contribution < 1.29 is 5.11 Å². The summed E-state index contributed by atoms with van der Waals surface area (Å²) in [7, 11) is 0. The Bertz CT molecular complexity index is 714. The van der Waals surface area contributed by atoms with Gasteiger partial charge >= 0.3 is 0 Å². The molecule has 6 aliphatic rings. The third-order valence-corrected chi connectivity index (χ3v) is 9.60. The molecule has 4 saturated carbocycles. The average molecular weight is 423 g/mol. The molecule has 1 aromatic carbocycles. The van der Waals surface area contributed by atoms with E-state index < -0.39 is 0 Å². The van der Waals surface area contributed by atoms with Gasteiger partial charge in [0.25, 0.3) is 0 Å². The van der Waals surface area contributed by atoms with Gasteiger partial charge in [-0.1, -0.05) is 25.0 Å². The van der Waals surface area contributed by atoms with Crippen LogP contribution in [0.4, 0.5) is 0 Å². The quantitative estimate of drug-likeness (QED) is 0.646.